The van der Waals surface area contributed by atoms with E-state index in [1.165, 1.54) is 12.8 Å². The van der Waals surface area contributed by atoms with Crippen LogP contribution in [0.3, 0.4) is 0 Å². The molecule has 2 aliphatic heterocycles. The van der Waals surface area contributed by atoms with Crippen molar-refractivity contribution in [3.05, 3.63) is 52.4 Å². The first-order valence-electron chi connectivity index (χ1n) is 11.6. The molecule has 0 radical (unpaired) electrons. The Morgan fingerprint density at radius 1 is 1.12 bits per heavy atom. The number of carbonyl (C=O) groups is 1. The van der Waals surface area contributed by atoms with Crippen molar-refractivity contribution in [2.24, 2.45) is 0 Å². The molecule has 4 aliphatic rings. The molecule has 3 heterocycles. The van der Waals surface area contributed by atoms with Crippen LogP contribution >= 0.6 is 11.6 Å². The number of aromatic nitrogens is 1. The van der Waals surface area contributed by atoms with Crippen molar-refractivity contribution >= 4 is 28.2 Å². The minimum Gasteiger partial charge on any atom is -0.486 e. The maximum absolute atomic E-state index is 13.1. The molecule has 1 aromatic heterocycles. The second kappa shape index (κ2) is 8.54. The maximum atomic E-state index is 13.1. The van der Waals surface area contributed by atoms with Crippen molar-refractivity contribution in [1.29, 1.82) is 0 Å². The highest BCUT2D eigenvalue weighted by molar-refractivity contribution is 6.50. The highest BCUT2D eigenvalue weighted by Crippen LogP contribution is 2.41. The molecule has 7 nitrogen and oxygen atoms in total. The molecule has 1 saturated heterocycles. The van der Waals surface area contributed by atoms with E-state index in [2.05, 4.69) is 11.4 Å². The number of hydrogen-bond donors (Lipinski definition) is 1. The number of hydrogen-bond acceptors (Lipinski definition) is 6. The number of amides is 1. The number of nitrogens with zero attached hydrogens (tertiary/aromatic N) is 2. The molecule has 2 fully saturated rings. The second-order valence-corrected chi connectivity index (χ2v) is 9.27. The number of fused-ring (bicyclic) bond motifs is 2. The minimum absolute atomic E-state index is 0.0427. The van der Waals surface area contributed by atoms with E-state index < -0.39 is 0 Å². The smallest absolute Gasteiger partial charge is 0.257 e. The molecule has 6 rings (SSSR count). The number of halogens is 1. The van der Waals surface area contributed by atoms with E-state index in [9.17, 15) is 4.79 Å². The van der Waals surface area contributed by atoms with Gasteiger partial charge < -0.3 is 24.4 Å². The normalized spacial score (nSPS) is 19.2. The largest absolute Gasteiger partial charge is 0.486 e. The summed E-state index contributed by atoms with van der Waals surface area (Å²) in [6.07, 6.45) is 5.72. The Balaban J connectivity index is 1.32. The topological polar surface area (TPSA) is 72.9 Å². The summed E-state index contributed by atoms with van der Waals surface area (Å²) in [6, 6.07) is 6.44. The lowest BCUT2D eigenvalue weighted by atomic mass is 10.0. The molecule has 2 aromatic rings. The van der Waals surface area contributed by atoms with Crippen molar-refractivity contribution in [3.8, 4) is 11.5 Å². The zero-order chi connectivity index (χ0) is 22.4. The van der Waals surface area contributed by atoms with Gasteiger partial charge in [-0.15, -0.1) is 0 Å². The Kier molecular flexibility index (Phi) is 5.38. The average Bonchev–Trinajstić information content (AvgIpc) is 3.59. The van der Waals surface area contributed by atoms with Crippen LogP contribution in [0.15, 0.2) is 24.3 Å². The predicted molar refractivity (Wildman–Crippen MR) is 125 cm³/mol. The zero-order valence-corrected chi connectivity index (χ0v) is 19.1. The predicted octanol–water partition coefficient (Wildman–Crippen LogP) is 3.63. The van der Waals surface area contributed by atoms with E-state index in [-0.39, 0.29) is 5.91 Å². The molecule has 0 bridgehead atoms. The first kappa shape index (κ1) is 20.8. The Morgan fingerprint density at radius 3 is 2.70 bits per heavy atom. The van der Waals surface area contributed by atoms with Crippen molar-refractivity contribution in [2.75, 3.05) is 44.8 Å². The Bertz CT molecular complexity index is 1140. The van der Waals surface area contributed by atoms with Gasteiger partial charge in [0.15, 0.2) is 11.5 Å². The number of ether oxygens (including phenoxy) is 3. The SMILES string of the molecule is O=C(c1ccc(Cc2cc(NC3CC3)c3c(n2)CC=C3Cl)c2c1OCCO2)N1CCOCC1. The summed E-state index contributed by atoms with van der Waals surface area (Å²) < 4.78 is 17.4. The van der Waals surface area contributed by atoms with Gasteiger partial charge in [0.1, 0.15) is 13.2 Å². The Hall–Kier alpha value is -2.77. The fourth-order valence-corrected chi connectivity index (χ4v) is 4.93. The number of rotatable bonds is 5. The van der Waals surface area contributed by atoms with Gasteiger partial charge >= 0.3 is 0 Å². The van der Waals surface area contributed by atoms with Crippen LogP contribution in [0.25, 0.3) is 5.03 Å². The van der Waals surface area contributed by atoms with Gasteiger partial charge in [0.2, 0.25) is 0 Å². The summed E-state index contributed by atoms with van der Waals surface area (Å²) in [5.74, 6) is 1.15. The van der Waals surface area contributed by atoms with Gasteiger partial charge in [0.25, 0.3) is 5.91 Å². The van der Waals surface area contributed by atoms with Gasteiger partial charge in [-0.2, -0.15) is 0 Å². The molecule has 172 valence electrons. The molecule has 0 spiro atoms. The van der Waals surface area contributed by atoms with Gasteiger partial charge in [-0.3, -0.25) is 9.78 Å². The molecule has 1 N–H and O–H groups in total. The van der Waals surface area contributed by atoms with E-state index in [1.807, 2.05) is 23.1 Å². The summed E-state index contributed by atoms with van der Waals surface area (Å²) >= 11 is 6.47. The number of pyridine rings is 1. The molecular formula is C25H26ClN3O4. The standard InChI is InChI=1S/C25H26ClN3O4/c26-19-5-6-20-22(19)21(27-16-2-3-16)14-17(28-20)13-15-1-4-18(24-23(15)32-11-12-33-24)25(30)29-7-9-31-10-8-29/h1,4-5,14,16H,2-3,6-13H2,(H,27,28). The summed E-state index contributed by atoms with van der Waals surface area (Å²) in [6.45, 7) is 3.18. The highest BCUT2D eigenvalue weighted by atomic mass is 35.5. The van der Waals surface area contributed by atoms with Gasteiger partial charge in [0, 0.05) is 59.5 Å². The molecule has 2 aliphatic carbocycles. The Morgan fingerprint density at radius 2 is 1.91 bits per heavy atom. The third-order valence-electron chi connectivity index (χ3n) is 6.47. The highest BCUT2D eigenvalue weighted by Gasteiger charge is 2.29. The molecular weight excluding hydrogens is 442 g/mol. The molecule has 8 heteroatoms. The number of allylic oxidation sites excluding steroid dienone is 1. The summed E-state index contributed by atoms with van der Waals surface area (Å²) in [7, 11) is 0. The lowest BCUT2D eigenvalue weighted by Crippen LogP contribution is -2.41. The molecule has 33 heavy (non-hydrogen) atoms. The first-order chi connectivity index (χ1) is 16.2. The van der Waals surface area contributed by atoms with E-state index >= 15 is 0 Å². The van der Waals surface area contributed by atoms with E-state index in [0.29, 0.717) is 69.0 Å². The molecule has 0 atom stereocenters. The number of carbonyl (C=O) groups excluding carboxylic acids is 1. The second-order valence-electron chi connectivity index (χ2n) is 8.87. The van der Waals surface area contributed by atoms with Crippen LogP contribution in [0.1, 0.15) is 45.7 Å². The molecule has 0 unspecified atom stereocenters. The lowest BCUT2D eigenvalue weighted by Gasteiger charge is -2.29. The van der Waals surface area contributed by atoms with Crippen LogP contribution in [0.5, 0.6) is 11.5 Å². The van der Waals surface area contributed by atoms with Crippen LogP contribution < -0.4 is 14.8 Å². The monoisotopic (exact) mass is 467 g/mol. The van der Waals surface area contributed by atoms with Gasteiger partial charge in [-0.05, 0) is 25.0 Å². The van der Waals surface area contributed by atoms with Crippen molar-refractivity contribution < 1.29 is 19.0 Å². The number of anilines is 1. The average molecular weight is 468 g/mol. The minimum atomic E-state index is -0.0427. The lowest BCUT2D eigenvalue weighted by molar-refractivity contribution is 0.0298. The fourth-order valence-electron chi connectivity index (χ4n) is 4.64. The van der Waals surface area contributed by atoms with Gasteiger partial charge in [-0.1, -0.05) is 23.7 Å². The Labute approximate surface area is 197 Å². The van der Waals surface area contributed by atoms with Crippen LogP contribution in [0.4, 0.5) is 5.69 Å². The maximum Gasteiger partial charge on any atom is 0.257 e. The summed E-state index contributed by atoms with van der Waals surface area (Å²) in [5.41, 5.74) is 5.54. The third-order valence-corrected chi connectivity index (χ3v) is 6.81. The van der Waals surface area contributed by atoms with Crippen LogP contribution in [0.2, 0.25) is 0 Å². The van der Waals surface area contributed by atoms with E-state index in [4.69, 9.17) is 30.8 Å². The van der Waals surface area contributed by atoms with Crippen molar-refractivity contribution in [3.63, 3.8) is 0 Å². The number of nitrogens with one attached hydrogen (secondary N) is 1. The van der Waals surface area contributed by atoms with Crippen molar-refractivity contribution in [2.45, 2.75) is 31.7 Å². The van der Waals surface area contributed by atoms with Crippen LogP contribution in [-0.2, 0) is 17.6 Å². The zero-order valence-electron chi connectivity index (χ0n) is 18.4. The molecule has 1 saturated carbocycles. The number of benzene rings is 1. The van der Waals surface area contributed by atoms with Crippen molar-refractivity contribution in [1.82, 2.24) is 9.88 Å². The first-order valence-corrected chi connectivity index (χ1v) is 12.0. The molecule has 1 aromatic carbocycles. The molecule has 1 amide bonds. The van der Waals surface area contributed by atoms with Gasteiger partial charge in [-0.25, -0.2) is 0 Å². The summed E-state index contributed by atoms with van der Waals surface area (Å²) in [4.78, 5) is 19.9. The van der Waals surface area contributed by atoms with Gasteiger partial charge in [0.05, 0.1) is 24.5 Å². The fraction of sp³-hybridized carbons (Fsp3) is 0.440. The van der Waals surface area contributed by atoms with E-state index in [0.717, 1.165) is 39.7 Å². The third kappa shape index (κ3) is 4.04. The van der Waals surface area contributed by atoms with E-state index in [1.54, 1.807) is 0 Å². The van der Waals surface area contributed by atoms with Crippen LogP contribution in [-0.4, -0.2) is 61.3 Å². The quantitative estimate of drug-likeness (QED) is 0.724. The number of morpholine rings is 1. The summed E-state index contributed by atoms with van der Waals surface area (Å²) in [5, 5.41) is 4.38. The van der Waals surface area contributed by atoms with Crippen LogP contribution in [0, 0.1) is 0 Å².